The number of halogens is 5. The number of unbranched alkanes of at least 4 members (excludes halogenated alkanes) is 1. The molecule has 0 bridgehead atoms. The first kappa shape index (κ1) is 21.0. The first-order chi connectivity index (χ1) is 12.8. The molecule has 148 valence electrons. The van der Waals surface area contributed by atoms with E-state index in [2.05, 4.69) is 4.74 Å². The summed E-state index contributed by atoms with van der Waals surface area (Å²) >= 11 is 5.77. The molecule has 0 radical (unpaired) electrons. The van der Waals surface area contributed by atoms with Crippen molar-refractivity contribution in [2.45, 2.75) is 25.4 Å². The standard InChI is InChI=1S/C18H17ClF4O4/c19-15-11-14(7-8-16(15)24)26-10-2-1-9-25-12-3-5-13(6-4-12)27-18(22,23)17(20)21/h3-8,11,17,24H,1-2,9-10H2. The number of benzene rings is 2. The SMILES string of the molecule is Oc1ccc(OCCCCOc2ccc(OC(F)(F)C(F)F)cc2)cc1Cl. The van der Waals surface area contributed by atoms with Crippen molar-refractivity contribution in [3.05, 3.63) is 47.5 Å². The molecule has 0 spiro atoms. The van der Waals surface area contributed by atoms with Gasteiger partial charge in [-0.05, 0) is 49.2 Å². The molecule has 0 heterocycles. The van der Waals surface area contributed by atoms with Gasteiger partial charge in [0.25, 0.3) is 0 Å². The summed E-state index contributed by atoms with van der Waals surface area (Å²) in [7, 11) is 0. The van der Waals surface area contributed by atoms with E-state index in [9.17, 15) is 22.7 Å². The number of hydrogen-bond donors (Lipinski definition) is 1. The van der Waals surface area contributed by atoms with Crippen LogP contribution in [0.25, 0.3) is 0 Å². The van der Waals surface area contributed by atoms with E-state index in [-0.39, 0.29) is 16.5 Å². The molecule has 0 aliphatic rings. The molecule has 2 rings (SSSR count). The maximum absolute atomic E-state index is 12.8. The number of aromatic hydroxyl groups is 1. The van der Waals surface area contributed by atoms with Crippen LogP contribution in [0.15, 0.2) is 42.5 Å². The van der Waals surface area contributed by atoms with Gasteiger partial charge in [-0.2, -0.15) is 17.6 Å². The Labute approximate surface area is 158 Å². The predicted molar refractivity (Wildman–Crippen MR) is 91.4 cm³/mol. The summed E-state index contributed by atoms with van der Waals surface area (Å²) < 4.78 is 64.5. The number of alkyl halides is 4. The van der Waals surface area contributed by atoms with Crippen LogP contribution in [0.1, 0.15) is 12.8 Å². The van der Waals surface area contributed by atoms with Crippen molar-refractivity contribution < 1.29 is 36.9 Å². The molecular formula is C18H17ClF4O4. The minimum absolute atomic E-state index is 0.0215. The first-order valence-corrected chi connectivity index (χ1v) is 8.35. The Morgan fingerprint density at radius 1 is 0.889 bits per heavy atom. The molecule has 27 heavy (non-hydrogen) atoms. The van der Waals surface area contributed by atoms with E-state index in [0.29, 0.717) is 37.6 Å². The van der Waals surface area contributed by atoms with E-state index < -0.39 is 12.5 Å². The first-order valence-electron chi connectivity index (χ1n) is 7.97. The molecule has 0 fully saturated rings. The normalized spacial score (nSPS) is 11.5. The lowest BCUT2D eigenvalue weighted by molar-refractivity contribution is -0.253. The fourth-order valence-electron chi connectivity index (χ4n) is 1.97. The zero-order valence-electron chi connectivity index (χ0n) is 14.0. The maximum atomic E-state index is 12.8. The van der Waals surface area contributed by atoms with Gasteiger partial charge >= 0.3 is 12.5 Å². The number of rotatable bonds is 10. The fraction of sp³-hybridized carbons (Fsp3) is 0.333. The van der Waals surface area contributed by atoms with E-state index in [1.54, 1.807) is 6.07 Å². The molecule has 9 heteroatoms. The van der Waals surface area contributed by atoms with E-state index in [1.807, 2.05) is 0 Å². The van der Waals surface area contributed by atoms with Gasteiger partial charge in [0.05, 0.1) is 18.2 Å². The van der Waals surface area contributed by atoms with E-state index >= 15 is 0 Å². The molecule has 1 N–H and O–H groups in total. The highest BCUT2D eigenvalue weighted by atomic mass is 35.5. The minimum Gasteiger partial charge on any atom is -0.506 e. The summed E-state index contributed by atoms with van der Waals surface area (Å²) in [4.78, 5) is 0. The van der Waals surface area contributed by atoms with E-state index in [1.165, 1.54) is 24.3 Å². The van der Waals surface area contributed by atoms with Gasteiger partial charge in [-0.15, -0.1) is 0 Å². The second kappa shape index (κ2) is 9.55. The topological polar surface area (TPSA) is 47.9 Å². The summed E-state index contributed by atoms with van der Waals surface area (Å²) in [5.41, 5.74) is 0. The molecule has 0 unspecified atom stereocenters. The number of phenolic OH excluding ortho intramolecular Hbond substituents is 1. The summed E-state index contributed by atoms with van der Waals surface area (Å²) in [5, 5.41) is 9.51. The highest BCUT2D eigenvalue weighted by Crippen LogP contribution is 2.29. The van der Waals surface area contributed by atoms with Crippen LogP contribution < -0.4 is 14.2 Å². The lowest BCUT2D eigenvalue weighted by atomic mass is 10.3. The van der Waals surface area contributed by atoms with Crippen molar-refractivity contribution in [3.63, 3.8) is 0 Å². The smallest absolute Gasteiger partial charge is 0.461 e. The summed E-state index contributed by atoms with van der Waals surface area (Å²) in [6, 6.07) is 9.50. The van der Waals surface area contributed by atoms with Crippen LogP contribution in [0.5, 0.6) is 23.0 Å². The molecule has 0 aliphatic carbocycles. The molecule has 0 saturated heterocycles. The Kier molecular flexibility index (Phi) is 7.41. The molecule has 0 amide bonds. The average molecular weight is 409 g/mol. The third-order valence-corrected chi connectivity index (χ3v) is 3.63. The second-order valence-electron chi connectivity index (χ2n) is 5.45. The van der Waals surface area contributed by atoms with Gasteiger partial charge in [0.1, 0.15) is 23.0 Å². The van der Waals surface area contributed by atoms with Crippen LogP contribution in [0, 0.1) is 0 Å². The molecule has 2 aromatic carbocycles. The zero-order valence-corrected chi connectivity index (χ0v) is 14.8. The highest BCUT2D eigenvalue weighted by molar-refractivity contribution is 6.32. The number of ether oxygens (including phenoxy) is 3. The molecule has 0 aromatic heterocycles. The molecule has 0 aliphatic heterocycles. The zero-order chi connectivity index (χ0) is 19.9. The van der Waals surface area contributed by atoms with Crippen molar-refractivity contribution >= 4 is 11.6 Å². The van der Waals surface area contributed by atoms with Gasteiger partial charge in [-0.1, -0.05) is 11.6 Å². The molecule has 4 nitrogen and oxygen atoms in total. The van der Waals surface area contributed by atoms with Gasteiger partial charge in [0.15, 0.2) is 0 Å². The van der Waals surface area contributed by atoms with Gasteiger partial charge in [-0.25, -0.2) is 0 Å². The largest absolute Gasteiger partial charge is 0.506 e. The quantitative estimate of drug-likeness (QED) is 0.415. The van der Waals surface area contributed by atoms with Crippen LogP contribution in [0.2, 0.25) is 5.02 Å². The summed E-state index contributed by atoms with van der Waals surface area (Å²) in [6.07, 6.45) is -7.11. The van der Waals surface area contributed by atoms with Crippen molar-refractivity contribution in [2.24, 2.45) is 0 Å². The van der Waals surface area contributed by atoms with Crippen molar-refractivity contribution in [1.82, 2.24) is 0 Å². The third kappa shape index (κ3) is 6.71. The predicted octanol–water partition coefficient (Wildman–Crippen LogP) is 5.52. The Bertz CT molecular complexity index is 726. The number of hydrogen-bond acceptors (Lipinski definition) is 4. The maximum Gasteiger partial charge on any atom is 0.461 e. The fourth-order valence-corrected chi connectivity index (χ4v) is 2.14. The van der Waals surface area contributed by atoms with Gasteiger partial charge < -0.3 is 19.3 Å². The van der Waals surface area contributed by atoms with Crippen LogP contribution in [-0.4, -0.2) is 30.9 Å². The Morgan fingerprint density at radius 2 is 1.41 bits per heavy atom. The van der Waals surface area contributed by atoms with E-state index in [4.69, 9.17) is 21.1 Å². The Morgan fingerprint density at radius 3 is 1.96 bits per heavy atom. The monoisotopic (exact) mass is 408 g/mol. The lowest BCUT2D eigenvalue weighted by Crippen LogP contribution is -2.33. The van der Waals surface area contributed by atoms with Crippen molar-refractivity contribution in [2.75, 3.05) is 13.2 Å². The Hall–Kier alpha value is -2.35. The summed E-state index contributed by atoms with van der Waals surface area (Å²) in [5.74, 6) is 0.532. The Balaban J connectivity index is 1.66. The second-order valence-corrected chi connectivity index (χ2v) is 5.86. The van der Waals surface area contributed by atoms with Gasteiger partial charge in [0, 0.05) is 6.07 Å². The number of phenols is 1. The van der Waals surface area contributed by atoms with Crippen LogP contribution in [0.4, 0.5) is 17.6 Å². The molecule has 2 aromatic rings. The van der Waals surface area contributed by atoms with Crippen LogP contribution in [-0.2, 0) is 0 Å². The highest BCUT2D eigenvalue weighted by Gasteiger charge is 2.43. The average Bonchev–Trinajstić information content (AvgIpc) is 2.62. The third-order valence-electron chi connectivity index (χ3n) is 3.33. The van der Waals surface area contributed by atoms with Crippen molar-refractivity contribution in [1.29, 1.82) is 0 Å². The lowest BCUT2D eigenvalue weighted by Gasteiger charge is -2.16. The molecule has 0 saturated carbocycles. The molecular weight excluding hydrogens is 392 g/mol. The van der Waals surface area contributed by atoms with Crippen LogP contribution >= 0.6 is 11.6 Å². The van der Waals surface area contributed by atoms with Crippen molar-refractivity contribution in [3.8, 4) is 23.0 Å². The van der Waals surface area contributed by atoms with Gasteiger partial charge in [-0.3, -0.25) is 0 Å². The minimum atomic E-state index is -4.54. The van der Waals surface area contributed by atoms with Gasteiger partial charge in [0.2, 0.25) is 0 Å². The molecule has 0 atom stereocenters. The summed E-state index contributed by atoms with van der Waals surface area (Å²) in [6.45, 7) is 0.771. The van der Waals surface area contributed by atoms with Crippen LogP contribution in [0.3, 0.4) is 0 Å². The van der Waals surface area contributed by atoms with E-state index in [0.717, 1.165) is 12.1 Å².